The van der Waals surface area contributed by atoms with Gasteiger partial charge in [0, 0.05) is 16.0 Å². The summed E-state index contributed by atoms with van der Waals surface area (Å²) in [4.78, 5) is 13.0. The van der Waals surface area contributed by atoms with Crippen LogP contribution in [-0.4, -0.2) is 5.78 Å². The monoisotopic (exact) mass is 358 g/mol. The predicted octanol–water partition coefficient (Wildman–Crippen LogP) is 6.38. The number of hydrogen-bond acceptors (Lipinski definition) is 1. The maximum absolute atomic E-state index is 13.0. The summed E-state index contributed by atoms with van der Waals surface area (Å²) in [7, 11) is 0. The highest BCUT2D eigenvalue weighted by molar-refractivity contribution is 6.32. The first-order valence-corrected chi connectivity index (χ1v) is 9.13. The van der Waals surface area contributed by atoms with Gasteiger partial charge in [0.2, 0.25) is 0 Å². The Morgan fingerprint density at radius 1 is 0.958 bits per heavy atom. The number of carbonyl (C=O) groups is 1. The van der Waals surface area contributed by atoms with Crippen LogP contribution in [0.1, 0.15) is 36.8 Å². The number of benzene rings is 2. The average Bonchev–Trinajstić information content (AvgIpc) is 2.75. The van der Waals surface area contributed by atoms with Gasteiger partial charge in [-0.15, -0.1) is 0 Å². The van der Waals surface area contributed by atoms with E-state index < -0.39 is 0 Å². The molecular formula is C21H20Cl2O. The van der Waals surface area contributed by atoms with Crippen LogP contribution < -0.4 is 0 Å². The number of Topliss-reactive ketones (excluding diaryl/α,β-unsaturated/α-hetero) is 1. The molecule has 1 nitrogen and oxygen atoms in total. The second-order valence-electron chi connectivity index (χ2n) is 6.29. The summed E-state index contributed by atoms with van der Waals surface area (Å²) in [5.74, 6) is 0.244. The van der Waals surface area contributed by atoms with Crippen molar-refractivity contribution in [2.75, 3.05) is 0 Å². The van der Waals surface area contributed by atoms with Crippen LogP contribution in [0, 0.1) is 5.92 Å². The van der Waals surface area contributed by atoms with Gasteiger partial charge in [-0.2, -0.15) is 0 Å². The number of allylic oxidation sites excluding steroid dienone is 1. The third-order valence-electron chi connectivity index (χ3n) is 4.60. The van der Waals surface area contributed by atoms with Gasteiger partial charge in [0.15, 0.2) is 5.78 Å². The summed E-state index contributed by atoms with van der Waals surface area (Å²) in [6.45, 7) is 0. The van der Waals surface area contributed by atoms with E-state index in [1.165, 1.54) is 0 Å². The molecule has 1 unspecified atom stereocenters. The van der Waals surface area contributed by atoms with Crippen LogP contribution in [-0.2, 0) is 11.2 Å². The van der Waals surface area contributed by atoms with Gasteiger partial charge >= 0.3 is 0 Å². The van der Waals surface area contributed by atoms with E-state index in [0.717, 1.165) is 47.4 Å². The average molecular weight is 359 g/mol. The smallest absolute Gasteiger partial charge is 0.162 e. The van der Waals surface area contributed by atoms with Crippen molar-refractivity contribution in [3.05, 3.63) is 75.3 Å². The molecule has 0 spiro atoms. The molecule has 0 bridgehead atoms. The zero-order valence-electron chi connectivity index (χ0n) is 13.5. The minimum Gasteiger partial charge on any atom is -0.294 e. The van der Waals surface area contributed by atoms with Crippen LogP contribution in [0.5, 0.6) is 0 Å². The number of hydrogen-bond donors (Lipinski definition) is 0. The Morgan fingerprint density at radius 2 is 1.67 bits per heavy atom. The van der Waals surface area contributed by atoms with E-state index in [-0.39, 0.29) is 11.7 Å². The van der Waals surface area contributed by atoms with E-state index in [1.807, 2.05) is 54.6 Å². The van der Waals surface area contributed by atoms with Gasteiger partial charge in [-0.3, -0.25) is 4.79 Å². The highest BCUT2D eigenvalue weighted by Gasteiger charge is 2.25. The van der Waals surface area contributed by atoms with E-state index in [4.69, 9.17) is 23.2 Å². The number of carbonyl (C=O) groups excluding carboxylic acids is 1. The molecule has 0 radical (unpaired) electrons. The molecule has 1 saturated carbocycles. The number of ketones is 1. The van der Waals surface area contributed by atoms with Crippen LogP contribution in [0.4, 0.5) is 0 Å². The molecule has 0 heterocycles. The highest BCUT2D eigenvalue weighted by atomic mass is 35.5. The first kappa shape index (κ1) is 17.3. The standard InChI is InChI=1S/C21H20Cl2O/c22-19-11-5-3-7-15(19)13-17-9-1-2-10-18(21(17)24)14-16-8-4-6-12-20(16)23/h3-8,11-13,18H,1-2,9-10,14H2/b17-13+. The second-order valence-corrected chi connectivity index (χ2v) is 7.11. The molecule has 124 valence electrons. The van der Waals surface area contributed by atoms with Crippen molar-refractivity contribution in [3.8, 4) is 0 Å². The van der Waals surface area contributed by atoms with Crippen molar-refractivity contribution in [2.24, 2.45) is 5.92 Å². The molecule has 0 aromatic heterocycles. The Balaban J connectivity index is 1.86. The highest BCUT2D eigenvalue weighted by Crippen LogP contribution is 2.31. The minimum absolute atomic E-state index is 0.00105. The van der Waals surface area contributed by atoms with Gasteiger partial charge in [-0.25, -0.2) is 0 Å². The molecule has 0 aliphatic heterocycles. The Hall–Kier alpha value is -1.57. The van der Waals surface area contributed by atoms with Gasteiger partial charge < -0.3 is 0 Å². The molecule has 2 aromatic rings. The summed E-state index contributed by atoms with van der Waals surface area (Å²) in [5, 5.41) is 1.43. The lowest BCUT2D eigenvalue weighted by atomic mass is 9.89. The van der Waals surface area contributed by atoms with Gasteiger partial charge in [-0.1, -0.05) is 66.0 Å². The molecular weight excluding hydrogens is 339 g/mol. The third kappa shape index (κ3) is 4.09. The fourth-order valence-electron chi connectivity index (χ4n) is 3.27. The van der Waals surface area contributed by atoms with Crippen molar-refractivity contribution in [1.82, 2.24) is 0 Å². The first-order chi connectivity index (χ1) is 11.6. The summed E-state index contributed by atoms with van der Waals surface area (Å²) >= 11 is 12.5. The quantitative estimate of drug-likeness (QED) is 0.459. The SMILES string of the molecule is O=C1/C(=C/c2ccccc2Cl)CCCCC1Cc1ccccc1Cl. The molecule has 1 atom stereocenters. The zero-order chi connectivity index (χ0) is 16.9. The lowest BCUT2D eigenvalue weighted by Gasteiger charge is -2.15. The zero-order valence-corrected chi connectivity index (χ0v) is 15.0. The lowest BCUT2D eigenvalue weighted by molar-refractivity contribution is -0.119. The van der Waals surface area contributed by atoms with Gasteiger partial charge in [0.25, 0.3) is 0 Å². The molecule has 24 heavy (non-hydrogen) atoms. The largest absolute Gasteiger partial charge is 0.294 e. The molecule has 1 aliphatic rings. The minimum atomic E-state index is 0.00105. The Labute approximate surface area is 153 Å². The van der Waals surface area contributed by atoms with Crippen LogP contribution in [0.3, 0.4) is 0 Å². The molecule has 0 amide bonds. The second kappa shape index (κ2) is 8.00. The molecule has 1 fully saturated rings. The van der Waals surface area contributed by atoms with Crippen LogP contribution in [0.15, 0.2) is 54.1 Å². The summed E-state index contributed by atoms with van der Waals surface area (Å²) in [6, 6.07) is 15.5. The lowest BCUT2D eigenvalue weighted by Crippen LogP contribution is -2.17. The Bertz CT molecular complexity index is 764. The maximum Gasteiger partial charge on any atom is 0.162 e. The molecule has 3 heteroatoms. The van der Waals surface area contributed by atoms with Crippen LogP contribution in [0.2, 0.25) is 10.0 Å². The van der Waals surface area contributed by atoms with E-state index in [1.54, 1.807) is 0 Å². The van der Waals surface area contributed by atoms with Crippen LogP contribution in [0.25, 0.3) is 6.08 Å². The maximum atomic E-state index is 13.0. The number of halogens is 2. The van der Waals surface area contributed by atoms with Crippen molar-refractivity contribution in [1.29, 1.82) is 0 Å². The number of rotatable bonds is 3. The van der Waals surface area contributed by atoms with E-state index in [9.17, 15) is 4.79 Å². The van der Waals surface area contributed by atoms with Crippen molar-refractivity contribution < 1.29 is 4.79 Å². The fraction of sp³-hybridized carbons (Fsp3) is 0.286. The van der Waals surface area contributed by atoms with Crippen molar-refractivity contribution in [2.45, 2.75) is 32.1 Å². The third-order valence-corrected chi connectivity index (χ3v) is 5.31. The summed E-state index contributed by atoms with van der Waals surface area (Å²) < 4.78 is 0. The van der Waals surface area contributed by atoms with E-state index in [2.05, 4.69) is 0 Å². The van der Waals surface area contributed by atoms with E-state index in [0.29, 0.717) is 11.4 Å². The molecule has 3 rings (SSSR count). The molecule has 0 N–H and O–H groups in total. The van der Waals surface area contributed by atoms with Crippen molar-refractivity contribution >= 4 is 35.1 Å². The van der Waals surface area contributed by atoms with E-state index >= 15 is 0 Å². The summed E-state index contributed by atoms with van der Waals surface area (Å²) in [6.07, 6.45) is 6.53. The van der Waals surface area contributed by atoms with Gasteiger partial charge in [0.05, 0.1) is 0 Å². The Kier molecular flexibility index (Phi) is 5.76. The fourth-order valence-corrected chi connectivity index (χ4v) is 3.67. The van der Waals surface area contributed by atoms with Gasteiger partial charge in [-0.05, 0) is 60.6 Å². The molecule has 2 aromatic carbocycles. The normalized spacial score (nSPS) is 20.2. The molecule has 1 aliphatic carbocycles. The summed E-state index contributed by atoms with van der Waals surface area (Å²) in [5.41, 5.74) is 2.86. The first-order valence-electron chi connectivity index (χ1n) is 8.38. The predicted molar refractivity (Wildman–Crippen MR) is 102 cm³/mol. The topological polar surface area (TPSA) is 17.1 Å². The Morgan fingerprint density at radius 3 is 2.42 bits per heavy atom. The van der Waals surface area contributed by atoms with Crippen molar-refractivity contribution in [3.63, 3.8) is 0 Å². The van der Waals surface area contributed by atoms with Gasteiger partial charge in [0.1, 0.15) is 0 Å². The van der Waals surface area contributed by atoms with Crippen LogP contribution >= 0.6 is 23.2 Å². The molecule has 0 saturated heterocycles.